The second kappa shape index (κ2) is 9.78. The second-order valence-corrected chi connectivity index (χ2v) is 8.72. The summed E-state index contributed by atoms with van der Waals surface area (Å²) in [5.74, 6) is -0.214. The van der Waals surface area contributed by atoms with E-state index in [1.165, 1.54) is 11.3 Å². The summed E-state index contributed by atoms with van der Waals surface area (Å²) in [6.45, 7) is 6.45. The van der Waals surface area contributed by atoms with Crippen LogP contribution >= 0.6 is 22.9 Å². The summed E-state index contributed by atoms with van der Waals surface area (Å²) in [5, 5.41) is 8.76. The molecule has 0 aliphatic carbocycles. The van der Waals surface area contributed by atoms with Gasteiger partial charge in [-0.05, 0) is 24.6 Å². The number of fused-ring (bicyclic) bond motifs is 1. The zero-order valence-corrected chi connectivity index (χ0v) is 19.1. The van der Waals surface area contributed by atoms with Crippen LogP contribution in [0.15, 0.2) is 30.5 Å². The summed E-state index contributed by atoms with van der Waals surface area (Å²) in [7, 11) is 0. The Hall–Kier alpha value is -2.79. The number of rotatable bonds is 6. The number of hydrogen-bond acceptors (Lipinski definition) is 9. The monoisotopic (exact) mass is 474 g/mol. The minimum Gasteiger partial charge on any atom is -0.373 e. The molecule has 1 amide bonds. The molecule has 1 fully saturated rings. The van der Waals surface area contributed by atoms with Gasteiger partial charge >= 0.3 is 12.1 Å². The maximum atomic E-state index is 12.3. The minimum atomic E-state index is -1.14. The molecule has 1 saturated heterocycles. The van der Waals surface area contributed by atoms with Crippen molar-refractivity contribution in [3.8, 4) is 10.6 Å². The Morgan fingerprint density at radius 2 is 2.12 bits per heavy atom. The van der Waals surface area contributed by atoms with Crippen LogP contribution in [0.4, 0.5) is 10.7 Å². The molecule has 32 heavy (non-hydrogen) atoms. The Balaban J connectivity index is 1.73. The molecule has 0 bridgehead atoms. The molecule has 0 spiro atoms. The number of esters is 1. The van der Waals surface area contributed by atoms with Gasteiger partial charge in [0.1, 0.15) is 5.69 Å². The van der Waals surface area contributed by atoms with E-state index in [0.717, 1.165) is 48.7 Å². The second-order valence-electron chi connectivity index (χ2n) is 7.23. The lowest BCUT2D eigenvalue weighted by Crippen LogP contribution is -2.53. The Morgan fingerprint density at radius 1 is 1.34 bits per heavy atom. The highest BCUT2D eigenvalue weighted by Crippen LogP contribution is 2.38. The topological polar surface area (TPSA) is 114 Å². The van der Waals surface area contributed by atoms with E-state index in [0.29, 0.717) is 22.1 Å². The molecule has 1 aromatic carbocycles. The number of halogens is 1. The number of nitrogens with one attached hydrogen (secondary N) is 1. The number of aromatic nitrogens is 2. The maximum absolute atomic E-state index is 12.3. The van der Waals surface area contributed by atoms with Gasteiger partial charge in [-0.2, -0.15) is 0 Å². The van der Waals surface area contributed by atoms with E-state index in [2.05, 4.69) is 32.0 Å². The summed E-state index contributed by atoms with van der Waals surface area (Å²) in [4.78, 5) is 33.4. The van der Waals surface area contributed by atoms with E-state index in [1.807, 2.05) is 12.1 Å². The lowest BCUT2D eigenvalue weighted by atomic mass is 10.1. The maximum Gasteiger partial charge on any atom is 0.412 e. The highest BCUT2D eigenvalue weighted by Gasteiger charge is 2.23. The predicted octanol–water partition coefficient (Wildman–Crippen LogP) is 3.28. The minimum absolute atomic E-state index is 0.252. The first-order chi connectivity index (χ1) is 15.5. The van der Waals surface area contributed by atoms with Crippen molar-refractivity contribution in [2.24, 2.45) is 5.73 Å². The molecule has 1 aliphatic rings. The van der Waals surface area contributed by atoms with Crippen LogP contribution in [0.5, 0.6) is 0 Å². The standard InChI is InChI=1S/C21H23ClN6O3S/c1-2-8-28(27-9-6-24-7-10-27)21-25-12-15(22)18(26-21)17-11-14-13(19(29)31-20(23)30)4-3-5-16(14)32-17/h3-5,11-12,24H,2,6-10H2,1H3,(H2,23,30). The number of benzene rings is 1. The molecule has 3 heterocycles. The number of anilines is 1. The van der Waals surface area contributed by atoms with Crippen molar-refractivity contribution < 1.29 is 14.3 Å². The molecule has 0 atom stereocenters. The van der Waals surface area contributed by atoms with Crippen LogP contribution in [0, 0.1) is 0 Å². The van der Waals surface area contributed by atoms with Gasteiger partial charge in [0, 0.05) is 42.8 Å². The number of ether oxygens (including phenoxy) is 1. The predicted molar refractivity (Wildman–Crippen MR) is 125 cm³/mol. The average Bonchev–Trinajstić information content (AvgIpc) is 3.22. The van der Waals surface area contributed by atoms with E-state index >= 15 is 0 Å². The van der Waals surface area contributed by atoms with Crippen LogP contribution in [0.3, 0.4) is 0 Å². The zero-order valence-electron chi connectivity index (χ0n) is 17.5. The number of carbonyl (C=O) groups excluding carboxylic acids is 2. The first-order valence-electron chi connectivity index (χ1n) is 10.3. The molecule has 168 valence electrons. The Labute approximate surface area is 194 Å². The molecule has 0 radical (unpaired) electrons. The largest absolute Gasteiger partial charge is 0.412 e. The molecule has 0 unspecified atom stereocenters. The summed E-state index contributed by atoms with van der Waals surface area (Å²) < 4.78 is 5.40. The van der Waals surface area contributed by atoms with Gasteiger partial charge in [-0.3, -0.25) is 5.01 Å². The van der Waals surface area contributed by atoms with Gasteiger partial charge in [0.05, 0.1) is 21.7 Å². The number of amides is 1. The third kappa shape index (κ3) is 4.68. The molecule has 3 N–H and O–H groups in total. The Kier molecular flexibility index (Phi) is 6.85. The van der Waals surface area contributed by atoms with E-state index in [-0.39, 0.29) is 5.56 Å². The Morgan fingerprint density at radius 3 is 2.84 bits per heavy atom. The van der Waals surface area contributed by atoms with Crippen molar-refractivity contribution in [3.63, 3.8) is 0 Å². The third-order valence-electron chi connectivity index (χ3n) is 5.04. The molecule has 0 saturated carbocycles. The number of hydrogen-bond donors (Lipinski definition) is 2. The lowest BCUT2D eigenvalue weighted by molar-refractivity contribution is 0.0640. The fourth-order valence-corrected chi connectivity index (χ4v) is 4.97. The lowest BCUT2D eigenvalue weighted by Gasteiger charge is -2.37. The Bertz CT molecular complexity index is 1150. The smallest absolute Gasteiger partial charge is 0.373 e. The molecule has 11 heteroatoms. The van der Waals surface area contributed by atoms with Gasteiger partial charge in [0.15, 0.2) is 0 Å². The first kappa shape index (κ1) is 22.4. The molecule has 3 aromatic rings. The van der Waals surface area contributed by atoms with Crippen molar-refractivity contribution in [2.45, 2.75) is 13.3 Å². The van der Waals surface area contributed by atoms with E-state index in [4.69, 9.17) is 22.3 Å². The quantitative estimate of drug-likeness (QED) is 0.413. The molecule has 4 rings (SSSR count). The van der Waals surface area contributed by atoms with Gasteiger partial charge in [0.25, 0.3) is 0 Å². The number of hydrazine groups is 1. The summed E-state index contributed by atoms with van der Waals surface area (Å²) in [5.41, 5.74) is 5.83. The number of nitrogens with zero attached hydrogens (tertiary/aromatic N) is 4. The van der Waals surface area contributed by atoms with Gasteiger partial charge in [-0.1, -0.05) is 24.6 Å². The van der Waals surface area contributed by atoms with Crippen LogP contribution < -0.4 is 16.1 Å². The van der Waals surface area contributed by atoms with Gasteiger partial charge < -0.3 is 15.8 Å². The number of thiophene rings is 1. The van der Waals surface area contributed by atoms with Crippen molar-refractivity contribution in [1.29, 1.82) is 0 Å². The van der Waals surface area contributed by atoms with E-state index < -0.39 is 12.1 Å². The number of piperazine rings is 1. The number of nitrogens with two attached hydrogens (primary N) is 1. The van der Waals surface area contributed by atoms with Gasteiger partial charge in [-0.25, -0.2) is 24.6 Å². The summed E-state index contributed by atoms with van der Waals surface area (Å²) in [6.07, 6.45) is 1.41. The zero-order chi connectivity index (χ0) is 22.7. The average molecular weight is 475 g/mol. The first-order valence-corrected chi connectivity index (χ1v) is 11.5. The van der Waals surface area contributed by atoms with Crippen molar-refractivity contribution in [3.05, 3.63) is 41.0 Å². The molecular weight excluding hydrogens is 452 g/mol. The fraction of sp³-hybridized carbons (Fsp3) is 0.333. The van der Waals surface area contributed by atoms with Crippen LogP contribution in [0.25, 0.3) is 20.7 Å². The van der Waals surface area contributed by atoms with Crippen LogP contribution in [-0.2, 0) is 4.74 Å². The van der Waals surface area contributed by atoms with Crippen molar-refractivity contribution in [1.82, 2.24) is 20.3 Å². The van der Waals surface area contributed by atoms with Gasteiger partial charge in [-0.15, -0.1) is 11.3 Å². The molecule has 9 nitrogen and oxygen atoms in total. The van der Waals surface area contributed by atoms with Crippen molar-refractivity contribution in [2.75, 3.05) is 37.7 Å². The summed E-state index contributed by atoms with van der Waals surface area (Å²) >= 11 is 7.93. The molecular formula is C21H23ClN6O3S. The van der Waals surface area contributed by atoms with E-state index in [9.17, 15) is 9.59 Å². The third-order valence-corrected chi connectivity index (χ3v) is 6.42. The van der Waals surface area contributed by atoms with Gasteiger partial charge in [0.2, 0.25) is 5.95 Å². The number of primary amides is 1. The normalized spacial score (nSPS) is 14.4. The van der Waals surface area contributed by atoms with Crippen LogP contribution in [0.2, 0.25) is 5.02 Å². The van der Waals surface area contributed by atoms with Crippen molar-refractivity contribution >= 4 is 51.0 Å². The highest BCUT2D eigenvalue weighted by molar-refractivity contribution is 7.22. The fourth-order valence-electron chi connectivity index (χ4n) is 3.63. The molecule has 2 aromatic heterocycles. The number of carbonyl (C=O) groups is 2. The summed E-state index contributed by atoms with van der Waals surface area (Å²) in [6, 6.07) is 7.01. The van der Waals surface area contributed by atoms with Crippen LogP contribution in [-0.4, -0.2) is 59.8 Å². The molecule has 1 aliphatic heterocycles. The van der Waals surface area contributed by atoms with Crippen LogP contribution in [0.1, 0.15) is 23.7 Å². The highest BCUT2D eigenvalue weighted by atomic mass is 35.5. The SMILES string of the molecule is CCCN(c1ncc(Cl)c(-c2cc3c(C(=O)OC(N)=O)cccc3s2)n1)N1CCNCC1. The van der Waals surface area contributed by atoms with E-state index in [1.54, 1.807) is 18.3 Å².